The van der Waals surface area contributed by atoms with Crippen LogP contribution in [0.3, 0.4) is 0 Å². The van der Waals surface area contributed by atoms with Gasteiger partial charge >= 0.3 is 7.60 Å². The topological polar surface area (TPSA) is 89.9 Å². The minimum absolute atomic E-state index is 0.0601. The van der Waals surface area contributed by atoms with Gasteiger partial charge in [0.05, 0.1) is 13.2 Å². The van der Waals surface area contributed by atoms with Crippen molar-refractivity contribution in [1.29, 1.82) is 0 Å². The van der Waals surface area contributed by atoms with E-state index in [0.29, 0.717) is 6.42 Å². The predicted molar refractivity (Wildman–Crippen MR) is 121 cm³/mol. The molecule has 172 valence electrons. The van der Waals surface area contributed by atoms with Gasteiger partial charge < -0.3 is 9.05 Å². The van der Waals surface area contributed by atoms with E-state index in [1.54, 1.807) is 13.8 Å². The van der Waals surface area contributed by atoms with Crippen molar-refractivity contribution >= 4 is 17.7 Å². The zero-order valence-corrected chi connectivity index (χ0v) is 20.6. The molecule has 0 aliphatic heterocycles. The average molecular weight is 453 g/mol. The fourth-order valence-electron chi connectivity index (χ4n) is 3.07. The Bertz CT molecular complexity index is 640. The van der Waals surface area contributed by atoms with Crippen molar-refractivity contribution in [3.05, 3.63) is 23.3 Å². The molecule has 0 amide bonds. The third-order valence-electron chi connectivity index (χ3n) is 4.55. The quantitative estimate of drug-likeness (QED) is 0.112. The van der Waals surface area contributed by atoms with Gasteiger partial charge in [-0.2, -0.15) is 8.42 Å². The van der Waals surface area contributed by atoms with Crippen molar-refractivity contribution in [1.82, 2.24) is 0 Å². The number of allylic oxidation sites excluding steroid dienone is 4. The molecule has 0 aromatic heterocycles. The summed E-state index contributed by atoms with van der Waals surface area (Å²) in [5.74, 6) is 0. The maximum absolute atomic E-state index is 12.7. The van der Waals surface area contributed by atoms with E-state index in [-0.39, 0.29) is 19.6 Å². The van der Waals surface area contributed by atoms with E-state index < -0.39 is 22.7 Å². The average Bonchev–Trinajstić information content (AvgIpc) is 2.59. The Hall–Kier alpha value is -0.460. The number of hydrogen-bond acceptors (Lipinski definition) is 5. The number of hydrogen-bond donors (Lipinski definition) is 1. The van der Waals surface area contributed by atoms with Gasteiger partial charge in [-0.25, -0.2) is 0 Å². The van der Waals surface area contributed by atoms with Crippen molar-refractivity contribution in [2.45, 2.75) is 97.4 Å². The number of unbranched alkanes of at least 4 members (excludes halogenated alkanes) is 5. The highest BCUT2D eigenvalue weighted by Crippen LogP contribution is 2.56. The second-order valence-electron chi connectivity index (χ2n) is 7.56. The zero-order chi connectivity index (χ0) is 22.3. The fourth-order valence-corrected chi connectivity index (χ4v) is 6.83. The van der Waals surface area contributed by atoms with Gasteiger partial charge in [0.15, 0.2) is 4.99 Å². The first kappa shape index (κ1) is 28.5. The summed E-state index contributed by atoms with van der Waals surface area (Å²) >= 11 is 0. The maximum Gasteiger partial charge on any atom is 0.351 e. The van der Waals surface area contributed by atoms with Crippen LogP contribution < -0.4 is 0 Å². The number of rotatable bonds is 17. The van der Waals surface area contributed by atoms with Crippen LogP contribution in [-0.4, -0.2) is 31.2 Å². The first-order valence-corrected chi connectivity index (χ1v) is 13.8. The largest absolute Gasteiger partial charge is 0.351 e. The normalized spacial score (nSPS) is 14.1. The Balaban J connectivity index is 4.29. The fraction of sp³-hybridized carbons (Fsp3) is 0.810. The smallest absolute Gasteiger partial charge is 0.308 e. The summed E-state index contributed by atoms with van der Waals surface area (Å²) < 4.78 is 55.9. The Morgan fingerprint density at radius 3 is 2.00 bits per heavy atom. The van der Waals surface area contributed by atoms with Crippen molar-refractivity contribution in [3.8, 4) is 0 Å². The molecule has 0 heterocycles. The van der Waals surface area contributed by atoms with E-state index in [4.69, 9.17) is 9.05 Å². The molecule has 0 fully saturated rings. The molecule has 6 nitrogen and oxygen atoms in total. The summed E-state index contributed by atoms with van der Waals surface area (Å²) in [5.41, 5.74) is 2.77. The standard InChI is InChI=1S/C21H41O6PS/c1-6-26-28(22,27-7-2)21(29(23,24)25)18-13-11-9-8-10-12-16-20(5)17-14-15-19(3)4/h15-16,21H,6-14,17-18H2,1-5H3,(H,23,24,25). The van der Waals surface area contributed by atoms with E-state index in [9.17, 15) is 17.5 Å². The summed E-state index contributed by atoms with van der Waals surface area (Å²) in [4.78, 5) is -1.51. The minimum Gasteiger partial charge on any atom is -0.308 e. The van der Waals surface area contributed by atoms with Crippen LogP contribution in [0.15, 0.2) is 23.3 Å². The van der Waals surface area contributed by atoms with Gasteiger partial charge in [0, 0.05) is 0 Å². The van der Waals surface area contributed by atoms with E-state index in [1.165, 1.54) is 11.1 Å². The van der Waals surface area contributed by atoms with Gasteiger partial charge in [0.25, 0.3) is 10.1 Å². The molecule has 8 heteroatoms. The van der Waals surface area contributed by atoms with Gasteiger partial charge in [0.2, 0.25) is 0 Å². The molecule has 1 N–H and O–H groups in total. The minimum atomic E-state index is -4.52. The molecule has 1 atom stereocenters. The molecular formula is C21H41O6PS. The van der Waals surface area contributed by atoms with Crippen LogP contribution in [0.1, 0.15) is 92.4 Å². The Morgan fingerprint density at radius 2 is 1.48 bits per heavy atom. The third-order valence-corrected chi connectivity index (χ3v) is 9.25. The second kappa shape index (κ2) is 15.4. The summed E-state index contributed by atoms with van der Waals surface area (Å²) in [6, 6.07) is 0. The molecule has 0 saturated heterocycles. The Kier molecular flexibility index (Phi) is 15.1. The predicted octanol–water partition coefficient (Wildman–Crippen LogP) is 6.89. The second-order valence-corrected chi connectivity index (χ2v) is 11.7. The van der Waals surface area contributed by atoms with Crippen molar-refractivity contribution in [2.75, 3.05) is 13.2 Å². The lowest BCUT2D eigenvalue weighted by Crippen LogP contribution is -2.23. The highest BCUT2D eigenvalue weighted by atomic mass is 32.2. The molecule has 0 aliphatic carbocycles. The summed E-state index contributed by atoms with van der Waals surface area (Å²) in [5, 5.41) is 0. The molecule has 1 unspecified atom stereocenters. The van der Waals surface area contributed by atoms with Crippen LogP contribution in [0.25, 0.3) is 0 Å². The van der Waals surface area contributed by atoms with Crippen LogP contribution in [0.5, 0.6) is 0 Å². The van der Waals surface area contributed by atoms with Crippen molar-refractivity contribution < 1.29 is 26.6 Å². The lowest BCUT2D eigenvalue weighted by atomic mass is 10.1. The van der Waals surface area contributed by atoms with Gasteiger partial charge in [-0.05, 0) is 66.7 Å². The molecule has 0 radical (unpaired) electrons. The van der Waals surface area contributed by atoms with Gasteiger partial charge in [-0.3, -0.25) is 9.12 Å². The van der Waals surface area contributed by atoms with Crippen LogP contribution in [0, 0.1) is 0 Å². The third kappa shape index (κ3) is 13.5. The molecule has 0 aliphatic rings. The van der Waals surface area contributed by atoms with E-state index in [1.807, 2.05) is 0 Å². The van der Waals surface area contributed by atoms with Crippen LogP contribution in [0.4, 0.5) is 0 Å². The molecule has 29 heavy (non-hydrogen) atoms. The maximum atomic E-state index is 12.7. The van der Waals surface area contributed by atoms with Gasteiger partial charge in [0.1, 0.15) is 0 Å². The molecule has 0 rings (SSSR count). The molecule has 0 bridgehead atoms. The molecule has 0 aromatic carbocycles. The van der Waals surface area contributed by atoms with E-state index in [2.05, 4.69) is 32.9 Å². The zero-order valence-electron chi connectivity index (χ0n) is 18.9. The van der Waals surface area contributed by atoms with Crippen molar-refractivity contribution in [2.24, 2.45) is 0 Å². The summed E-state index contributed by atoms with van der Waals surface area (Å²) in [6.45, 7) is 9.75. The lowest BCUT2D eigenvalue weighted by Gasteiger charge is -2.24. The monoisotopic (exact) mass is 452 g/mol. The molecule has 0 saturated carbocycles. The van der Waals surface area contributed by atoms with E-state index >= 15 is 0 Å². The van der Waals surface area contributed by atoms with Crippen LogP contribution in [0.2, 0.25) is 0 Å². The Morgan fingerprint density at radius 1 is 0.931 bits per heavy atom. The first-order valence-electron chi connectivity index (χ1n) is 10.7. The van der Waals surface area contributed by atoms with Crippen LogP contribution >= 0.6 is 7.60 Å². The summed E-state index contributed by atoms with van der Waals surface area (Å²) in [7, 11) is -8.41. The molecular weight excluding hydrogens is 411 g/mol. The van der Waals surface area contributed by atoms with Gasteiger partial charge in [-0.1, -0.05) is 49.0 Å². The molecule has 0 aromatic rings. The lowest BCUT2D eigenvalue weighted by molar-refractivity contribution is 0.215. The SMILES string of the molecule is CCOP(=O)(OCC)C(CCCCCCCC=C(C)CCC=C(C)C)S(=O)(=O)O. The van der Waals surface area contributed by atoms with Gasteiger partial charge in [-0.15, -0.1) is 0 Å². The highest BCUT2D eigenvalue weighted by molar-refractivity contribution is 7.94. The highest BCUT2D eigenvalue weighted by Gasteiger charge is 2.43. The van der Waals surface area contributed by atoms with E-state index in [0.717, 1.165) is 44.9 Å². The van der Waals surface area contributed by atoms with Crippen molar-refractivity contribution in [3.63, 3.8) is 0 Å². The van der Waals surface area contributed by atoms with Crippen LogP contribution in [-0.2, 0) is 23.7 Å². The first-order chi connectivity index (χ1) is 13.6. The summed E-state index contributed by atoms with van der Waals surface area (Å²) in [6.07, 6.45) is 12.4. The Labute approximate surface area is 178 Å². The molecule has 0 spiro atoms.